The van der Waals surface area contributed by atoms with Gasteiger partial charge >= 0.3 is 0 Å². The van der Waals surface area contributed by atoms with E-state index in [0.29, 0.717) is 6.54 Å². The van der Waals surface area contributed by atoms with E-state index in [1.54, 1.807) is 15.8 Å². The van der Waals surface area contributed by atoms with Gasteiger partial charge in [0.1, 0.15) is 6.04 Å². The highest BCUT2D eigenvalue weighted by molar-refractivity contribution is 5.98. The monoisotopic (exact) mass is 338 g/mol. The lowest BCUT2D eigenvalue weighted by Gasteiger charge is -2.32. The summed E-state index contributed by atoms with van der Waals surface area (Å²) in [4.78, 5) is 27.1. The molecule has 1 aromatic heterocycles. The number of amides is 2. The molecule has 0 radical (unpaired) electrons. The highest BCUT2D eigenvalue weighted by Gasteiger charge is 2.38. The summed E-state index contributed by atoms with van der Waals surface area (Å²) in [6.45, 7) is 0.695. The Morgan fingerprint density at radius 1 is 1.12 bits per heavy atom. The number of benzene rings is 1. The Balaban J connectivity index is 1.46. The topological polar surface area (TPSA) is 67.2 Å². The van der Waals surface area contributed by atoms with Crippen LogP contribution < -0.4 is 5.32 Å². The van der Waals surface area contributed by atoms with Crippen LogP contribution >= 0.6 is 0 Å². The van der Waals surface area contributed by atoms with Crippen molar-refractivity contribution in [1.29, 1.82) is 0 Å². The van der Waals surface area contributed by atoms with Gasteiger partial charge in [-0.2, -0.15) is 5.10 Å². The largest absolute Gasteiger partial charge is 0.330 e. The molecule has 2 amide bonds. The second-order valence-electron chi connectivity index (χ2n) is 6.81. The standard InChI is InChI=1S/C19H22N4O2/c24-18(17-9-3-11-22(17)19(25)14-5-1-6-14)21-15-7-2-8-16(13-15)23-12-4-10-20-23/h2,4,7-8,10,12-14,17H,1,3,5-6,9,11H2,(H,21,24)/t17-/m0/s1. The fraction of sp³-hybridized carbons (Fsp3) is 0.421. The molecule has 1 atom stereocenters. The highest BCUT2D eigenvalue weighted by Crippen LogP contribution is 2.31. The maximum absolute atomic E-state index is 12.7. The van der Waals surface area contributed by atoms with Gasteiger partial charge in [0.15, 0.2) is 0 Å². The molecule has 2 fully saturated rings. The van der Waals surface area contributed by atoms with Crippen LogP contribution in [0.4, 0.5) is 5.69 Å². The van der Waals surface area contributed by atoms with E-state index in [1.165, 1.54) is 0 Å². The first-order valence-electron chi connectivity index (χ1n) is 8.94. The van der Waals surface area contributed by atoms with Crippen LogP contribution in [-0.2, 0) is 9.59 Å². The number of hydrogen-bond acceptors (Lipinski definition) is 3. The van der Waals surface area contributed by atoms with Gasteiger partial charge in [-0.05, 0) is 49.9 Å². The van der Waals surface area contributed by atoms with E-state index < -0.39 is 0 Å². The average Bonchev–Trinajstić information content (AvgIpc) is 3.25. The maximum atomic E-state index is 12.7. The number of carbonyl (C=O) groups excluding carboxylic acids is 2. The molecule has 2 aromatic rings. The number of nitrogens with zero attached hydrogens (tertiary/aromatic N) is 3. The van der Waals surface area contributed by atoms with Gasteiger partial charge in [0.05, 0.1) is 5.69 Å². The maximum Gasteiger partial charge on any atom is 0.247 e. The molecule has 130 valence electrons. The summed E-state index contributed by atoms with van der Waals surface area (Å²) in [6.07, 6.45) is 8.27. The molecule has 0 spiro atoms. The molecule has 6 heteroatoms. The van der Waals surface area contributed by atoms with E-state index in [0.717, 1.165) is 43.5 Å². The number of aromatic nitrogens is 2. The molecule has 1 N–H and O–H groups in total. The van der Waals surface area contributed by atoms with E-state index in [2.05, 4.69) is 10.4 Å². The molecule has 1 aromatic carbocycles. The fourth-order valence-corrected chi connectivity index (χ4v) is 3.57. The summed E-state index contributed by atoms with van der Waals surface area (Å²) < 4.78 is 1.75. The van der Waals surface area contributed by atoms with Crippen molar-refractivity contribution >= 4 is 17.5 Å². The Labute approximate surface area is 146 Å². The Kier molecular flexibility index (Phi) is 4.26. The summed E-state index contributed by atoms with van der Waals surface area (Å²) in [5.74, 6) is 0.202. The first-order chi connectivity index (χ1) is 12.2. The zero-order chi connectivity index (χ0) is 17.2. The highest BCUT2D eigenvalue weighted by atomic mass is 16.2. The molecule has 0 bridgehead atoms. The van der Waals surface area contributed by atoms with Crippen molar-refractivity contribution < 1.29 is 9.59 Å². The number of anilines is 1. The molecular formula is C19H22N4O2. The first kappa shape index (κ1) is 15.9. The molecule has 1 aliphatic heterocycles. The number of likely N-dealkylation sites (tertiary alicyclic amines) is 1. The van der Waals surface area contributed by atoms with Crippen LogP contribution in [0, 0.1) is 5.92 Å². The minimum atomic E-state index is -0.346. The number of rotatable bonds is 4. The Hall–Kier alpha value is -2.63. The third-order valence-electron chi connectivity index (χ3n) is 5.18. The molecule has 1 saturated carbocycles. The van der Waals surface area contributed by atoms with Crippen molar-refractivity contribution in [2.45, 2.75) is 38.1 Å². The summed E-state index contributed by atoms with van der Waals surface area (Å²) in [7, 11) is 0. The zero-order valence-electron chi connectivity index (χ0n) is 14.1. The van der Waals surface area contributed by atoms with Gasteiger partial charge in [-0.25, -0.2) is 4.68 Å². The van der Waals surface area contributed by atoms with Crippen LogP contribution in [0.3, 0.4) is 0 Å². The summed E-state index contributed by atoms with van der Waals surface area (Å²) in [6, 6.07) is 9.08. The third kappa shape index (κ3) is 3.16. The number of nitrogens with one attached hydrogen (secondary N) is 1. The molecule has 0 unspecified atom stereocenters. The normalized spacial score (nSPS) is 20.3. The molecule has 6 nitrogen and oxygen atoms in total. The molecule has 2 aliphatic rings. The van der Waals surface area contributed by atoms with Gasteiger partial charge in [-0.1, -0.05) is 12.5 Å². The number of carbonyl (C=O) groups is 2. The molecule has 1 aliphatic carbocycles. The SMILES string of the molecule is O=C(Nc1cccc(-n2cccn2)c1)[C@@H]1CCCN1C(=O)C1CCC1. The summed E-state index contributed by atoms with van der Waals surface area (Å²) in [5, 5.41) is 7.18. The molecule has 4 rings (SSSR count). The van der Waals surface area contributed by atoms with Crippen molar-refractivity contribution in [3.63, 3.8) is 0 Å². The van der Waals surface area contributed by atoms with E-state index in [9.17, 15) is 9.59 Å². The predicted molar refractivity (Wildman–Crippen MR) is 94.3 cm³/mol. The van der Waals surface area contributed by atoms with Crippen LogP contribution in [-0.4, -0.2) is 39.1 Å². The quantitative estimate of drug-likeness (QED) is 0.932. The smallest absolute Gasteiger partial charge is 0.247 e. The lowest BCUT2D eigenvalue weighted by molar-refractivity contribution is -0.142. The van der Waals surface area contributed by atoms with Crippen molar-refractivity contribution in [1.82, 2.24) is 14.7 Å². The van der Waals surface area contributed by atoms with Gasteiger partial charge in [0.25, 0.3) is 0 Å². The van der Waals surface area contributed by atoms with E-state index in [4.69, 9.17) is 0 Å². The van der Waals surface area contributed by atoms with Crippen LogP contribution in [0.15, 0.2) is 42.7 Å². The van der Waals surface area contributed by atoms with Gasteiger partial charge in [0, 0.05) is 30.5 Å². The summed E-state index contributed by atoms with van der Waals surface area (Å²) >= 11 is 0. The van der Waals surface area contributed by atoms with E-state index in [-0.39, 0.29) is 23.8 Å². The Morgan fingerprint density at radius 2 is 2.00 bits per heavy atom. The second kappa shape index (κ2) is 6.70. The Bertz CT molecular complexity index is 767. The predicted octanol–water partition coefficient (Wildman–Crippen LogP) is 2.60. The lowest BCUT2D eigenvalue weighted by atomic mass is 9.84. The second-order valence-corrected chi connectivity index (χ2v) is 6.81. The third-order valence-corrected chi connectivity index (χ3v) is 5.18. The van der Waals surface area contributed by atoms with Crippen molar-refractivity contribution in [3.8, 4) is 5.69 Å². The van der Waals surface area contributed by atoms with Crippen molar-refractivity contribution in [2.75, 3.05) is 11.9 Å². The van der Waals surface area contributed by atoms with Gasteiger partial charge in [-0.15, -0.1) is 0 Å². The number of hydrogen-bond donors (Lipinski definition) is 1. The minimum absolute atomic E-state index is 0.0946. The minimum Gasteiger partial charge on any atom is -0.330 e. The molecule has 25 heavy (non-hydrogen) atoms. The average molecular weight is 338 g/mol. The fourth-order valence-electron chi connectivity index (χ4n) is 3.57. The lowest BCUT2D eigenvalue weighted by Crippen LogP contribution is -2.46. The molecular weight excluding hydrogens is 316 g/mol. The summed E-state index contributed by atoms with van der Waals surface area (Å²) in [5.41, 5.74) is 1.61. The van der Waals surface area contributed by atoms with Crippen molar-refractivity contribution in [3.05, 3.63) is 42.7 Å². The van der Waals surface area contributed by atoms with E-state index >= 15 is 0 Å². The van der Waals surface area contributed by atoms with Crippen molar-refractivity contribution in [2.24, 2.45) is 5.92 Å². The van der Waals surface area contributed by atoms with Gasteiger partial charge < -0.3 is 10.2 Å². The van der Waals surface area contributed by atoms with Crippen LogP contribution in [0.2, 0.25) is 0 Å². The molecule has 2 heterocycles. The first-order valence-corrected chi connectivity index (χ1v) is 8.94. The van der Waals surface area contributed by atoms with Crippen LogP contribution in [0.25, 0.3) is 5.69 Å². The molecule has 1 saturated heterocycles. The van der Waals surface area contributed by atoms with Gasteiger partial charge in [-0.3, -0.25) is 9.59 Å². The van der Waals surface area contributed by atoms with E-state index in [1.807, 2.05) is 36.5 Å². The van der Waals surface area contributed by atoms with Crippen LogP contribution in [0.5, 0.6) is 0 Å². The van der Waals surface area contributed by atoms with Crippen LogP contribution in [0.1, 0.15) is 32.1 Å². The van der Waals surface area contributed by atoms with Gasteiger partial charge in [0.2, 0.25) is 11.8 Å². The Morgan fingerprint density at radius 3 is 2.72 bits per heavy atom. The zero-order valence-corrected chi connectivity index (χ0v) is 14.1.